The first-order valence-electron chi connectivity index (χ1n) is 8.39. The van der Waals surface area contributed by atoms with E-state index in [0.717, 1.165) is 5.56 Å². The molecule has 138 valence electrons. The van der Waals surface area contributed by atoms with Gasteiger partial charge in [-0.25, -0.2) is 4.98 Å². The van der Waals surface area contributed by atoms with Gasteiger partial charge in [0.1, 0.15) is 17.1 Å². The number of nitrogens with zero attached hydrogens (tertiary/aromatic N) is 4. The zero-order valence-corrected chi connectivity index (χ0v) is 15.0. The molecule has 1 N–H and O–H groups in total. The Bertz CT molecular complexity index is 939. The minimum Gasteiger partial charge on any atom is -0.360 e. The minimum atomic E-state index is -0.461. The molecule has 0 aliphatic heterocycles. The van der Waals surface area contributed by atoms with E-state index in [9.17, 15) is 9.59 Å². The first kappa shape index (κ1) is 18.2. The molecule has 2 amide bonds. The fourth-order valence-electron chi connectivity index (χ4n) is 2.43. The second-order valence-electron chi connectivity index (χ2n) is 6.02. The van der Waals surface area contributed by atoms with Gasteiger partial charge in [-0.2, -0.15) is 0 Å². The number of hydrogen-bond donors (Lipinski definition) is 1. The fourth-order valence-corrected chi connectivity index (χ4v) is 2.43. The summed E-state index contributed by atoms with van der Waals surface area (Å²) in [6.07, 6.45) is 4.14. The van der Waals surface area contributed by atoms with Gasteiger partial charge in [-0.05, 0) is 43.2 Å². The molecular formula is C19H19N5O3. The molecule has 0 saturated heterocycles. The smallest absolute Gasteiger partial charge is 0.275 e. The number of pyridine rings is 2. The average molecular weight is 365 g/mol. The molecule has 0 radical (unpaired) electrons. The molecule has 3 aromatic heterocycles. The average Bonchev–Trinajstić information content (AvgIpc) is 3.11. The Morgan fingerprint density at radius 3 is 2.59 bits per heavy atom. The SMILES string of the molecule is Cc1cc(NC(=O)c2cccc(C(=O)N(C)CCc3ccncc3)n2)no1. The van der Waals surface area contributed by atoms with Crippen LogP contribution in [0.2, 0.25) is 0 Å². The number of carbonyl (C=O) groups excluding carboxylic acids is 2. The summed E-state index contributed by atoms with van der Waals surface area (Å²) in [6, 6.07) is 10.2. The Hall–Kier alpha value is -3.55. The third kappa shape index (κ3) is 4.75. The molecule has 8 nitrogen and oxygen atoms in total. The van der Waals surface area contributed by atoms with Gasteiger partial charge >= 0.3 is 0 Å². The standard InChI is InChI=1S/C19H19N5O3/c1-13-12-17(23-27-13)22-18(25)15-4-3-5-16(21-15)19(26)24(2)11-8-14-6-9-20-10-7-14/h3-7,9-10,12H,8,11H2,1-2H3,(H,22,23,25). The van der Waals surface area contributed by atoms with Gasteiger partial charge in [0.2, 0.25) is 0 Å². The molecule has 3 aromatic rings. The van der Waals surface area contributed by atoms with Gasteiger partial charge in [0.25, 0.3) is 11.8 Å². The third-order valence-electron chi connectivity index (χ3n) is 3.90. The number of anilines is 1. The van der Waals surface area contributed by atoms with Gasteiger partial charge in [0.15, 0.2) is 5.82 Å². The van der Waals surface area contributed by atoms with Crippen molar-refractivity contribution in [3.05, 3.63) is 71.5 Å². The second kappa shape index (κ2) is 8.22. The molecule has 0 fully saturated rings. The highest BCUT2D eigenvalue weighted by Gasteiger charge is 2.16. The predicted molar refractivity (Wildman–Crippen MR) is 98.3 cm³/mol. The van der Waals surface area contributed by atoms with Crippen LogP contribution >= 0.6 is 0 Å². The topological polar surface area (TPSA) is 101 Å². The van der Waals surface area contributed by atoms with Crippen molar-refractivity contribution in [2.45, 2.75) is 13.3 Å². The van der Waals surface area contributed by atoms with Crippen molar-refractivity contribution >= 4 is 17.6 Å². The van der Waals surface area contributed by atoms with Gasteiger partial charge < -0.3 is 14.7 Å². The van der Waals surface area contributed by atoms with E-state index in [1.165, 1.54) is 6.07 Å². The molecule has 0 aliphatic carbocycles. The van der Waals surface area contributed by atoms with Crippen LogP contribution in [0.1, 0.15) is 32.3 Å². The molecule has 0 spiro atoms. The van der Waals surface area contributed by atoms with E-state index in [1.54, 1.807) is 49.5 Å². The molecule has 3 heterocycles. The van der Waals surface area contributed by atoms with Crippen LogP contribution < -0.4 is 5.32 Å². The lowest BCUT2D eigenvalue weighted by atomic mass is 10.2. The van der Waals surface area contributed by atoms with E-state index >= 15 is 0 Å². The highest BCUT2D eigenvalue weighted by atomic mass is 16.5. The number of nitrogens with one attached hydrogen (secondary N) is 1. The maximum absolute atomic E-state index is 12.6. The first-order chi connectivity index (χ1) is 13.0. The summed E-state index contributed by atoms with van der Waals surface area (Å²) in [4.78, 5) is 34.6. The lowest BCUT2D eigenvalue weighted by Crippen LogP contribution is -2.30. The van der Waals surface area contributed by atoms with Crippen LogP contribution in [0.4, 0.5) is 5.82 Å². The molecule has 0 bridgehead atoms. The van der Waals surface area contributed by atoms with E-state index in [-0.39, 0.29) is 17.3 Å². The van der Waals surface area contributed by atoms with Crippen LogP contribution in [0, 0.1) is 6.92 Å². The third-order valence-corrected chi connectivity index (χ3v) is 3.90. The van der Waals surface area contributed by atoms with Crippen molar-refractivity contribution in [1.82, 2.24) is 20.0 Å². The molecule has 27 heavy (non-hydrogen) atoms. The van der Waals surface area contributed by atoms with Crippen LogP contribution in [0.5, 0.6) is 0 Å². The summed E-state index contributed by atoms with van der Waals surface area (Å²) >= 11 is 0. The van der Waals surface area contributed by atoms with E-state index in [0.29, 0.717) is 24.5 Å². The van der Waals surface area contributed by atoms with E-state index in [4.69, 9.17) is 4.52 Å². The van der Waals surface area contributed by atoms with Crippen molar-refractivity contribution in [2.75, 3.05) is 18.9 Å². The molecular weight excluding hydrogens is 346 g/mol. The zero-order valence-electron chi connectivity index (χ0n) is 15.0. The lowest BCUT2D eigenvalue weighted by molar-refractivity contribution is 0.0790. The number of aryl methyl sites for hydroxylation is 1. The summed E-state index contributed by atoms with van der Waals surface area (Å²) in [5.41, 5.74) is 1.42. The first-order valence-corrected chi connectivity index (χ1v) is 8.39. The van der Waals surface area contributed by atoms with E-state index in [2.05, 4.69) is 20.4 Å². The van der Waals surface area contributed by atoms with Crippen molar-refractivity contribution in [1.29, 1.82) is 0 Å². The summed E-state index contributed by atoms with van der Waals surface area (Å²) in [5.74, 6) is 0.164. The maximum atomic E-state index is 12.6. The van der Waals surface area contributed by atoms with E-state index < -0.39 is 5.91 Å². The molecule has 0 aliphatic rings. The molecule has 8 heteroatoms. The number of amides is 2. The molecule has 3 rings (SSSR count). The highest BCUT2D eigenvalue weighted by Crippen LogP contribution is 2.10. The van der Waals surface area contributed by atoms with Gasteiger partial charge in [-0.15, -0.1) is 0 Å². The summed E-state index contributed by atoms with van der Waals surface area (Å²) < 4.78 is 4.91. The van der Waals surface area contributed by atoms with Crippen LogP contribution in [0.25, 0.3) is 0 Å². The second-order valence-corrected chi connectivity index (χ2v) is 6.02. The number of carbonyl (C=O) groups is 2. The molecule has 0 unspecified atom stereocenters. The zero-order chi connectivity index (χ0) is 19.2. The number of rotatable bonds is 6. The Kier molecular flexibility index (Phi) is 5.55. The van der Waals surface area contributed by atoms with Gasteiger partial charge in [-0.1, -0.05) is 11.2 Å². The Labute approximate surface area is 156 Å². The van der Waals surface area contributed by atoms with Crippen LogP contribution in [-0.4, -0.2) is 45.4 Å². The Balaban J connectivity index is 1.64. The highest BCUT2D eigenvalue weighted by molar-refractivity contribution is 6.03. The Morgan fingerprint density at radius 1 is 1.15 bits per heavy atom. The van der Waals surface area contributed by atoms with Crippen LogP contribution in [0.15, 0.2) is 53.3 Å². The minimum absolute atomic E-state index is 0.129. The number of aromatic nitrogens is 3. The quantitative estimate of drug-likeness (QED) is 0.719. The summed E-state index contributed by atoms with van der Waals surface area (Å²) in [5, 5.41) is 6.29. The Morgan fingerprint density at radius 2 is 1.89 bits per heavy atom. The van der Waals surface area contributed by atoms with Gasteiger partial charge in [-0.3, -0.25) is 14.6 Å². The van der Waals surface area contributed by atoms with Crippen molar-refractivity contribution < 1.29 is 14.1 Å². The van der Waals surface area contributed by atoms with Crippen molar-refractivity contribution in [2.24, 2.45) is 0 Å². The van der Waals surface area contributed by atoms with E-state index in [1.807, 2.05) is 12.1 Å². The van der Waals surface area contributed by atoms with Crippen molar-refractivity contribution in [3.63, 3.8) is 0 Å². The number of hydrogen-bond acceptors (Lipinski definition) is 6. The molecule has 0 atom stereocenters. The molecule has 0 saturated carbocycles. The monoisotopic (exact) mass is 365 g/mol. The van der Waals surface area contributed by atoms with Crippen molar-refractivity contribution in [3.8, 4) is 0 Å². The van der Waals surface area contributed by atoms with Crippen LogP contribution in [0.3, 0.4) is 0 Å². The van der Waals surface area contributed by atoms with Crippen LogP contribution in [-0.2, 0) is 6.42 Å². The fraction of sp³-hybridized carbons (Fsp3) is 0.211. The number of likely N-dealkylation sites (N-methyl/N-ethyl adjacent to an activating group) is 1. The van der Waals surface area contributed by atoms with Gasteiger partial charge in [0, 0.05) is 32.1 Å². The lowest BCUT2D eigenvalue weighted by Gasteiger charge is -2.17. The summed E-state index contributed by atoms with van der Waals surface area (Å²) in [6.45, 7) is 2.25. The largest absolute Gasteiger partial charge is 0.360 e. The maximum Gasteiger partial charge on any atom is 0.275 e. The molecule has 0 aromatic carbocycles. The normalized spacial score (nSPS) is 10.4. The predicted octanol–water partition coefficient (Wildman–Crippen LogP) is 2.34. The van der Waals surface area contributed by atoms with Gasteiger partial charge in [0.05, 0.1) is 0 Å². The summed E-state index contributed by atoms with van der Waals surface area (Å²) in [7, 11) is 1.70.